The Balaban J connectivity index is 2.32. The molecule has 0 aliphatic carbocycles. The molecule has 5 nitrogen and oxygen atoms in total. The average molecular weight is 278 g/mol. The summed E-state index contributed by atoms with van der Waals surface area (Å²) in [6.45, 7) is 6.22. The predicted molar refractivity (Wildman–Crippen MR) is 74.9 cm³/mol. The number of carbonyl (C=O) groups excluding carboxylic acids is 2. The van der Waals surface area contributed by atoms with Crippen molar-refractivity contribution in [2.75, 3.05) is 6.54 Å². The van der Waals surface area contributed by atoms with Crippen LogP contribution in [0.5, 0.6) is 0 Å². The molecule has 1 saturated heterocycles. The number of hydrogen-bond donors (Lipinski definition) is 1. The summed E-state index contributed by atoms with van der Waals surface area (Å²) in [5.74, 6) is 0.669. The van der Waals surface area contributed by atoms with Gasteiger partial charge in [0, 0.05) is 13.0 Å². The van der Waals surface area contributed by atoms with Gasteiger partial charge < -0.3 is 14.6 Å². The molecule has 5 heteroatoms. The third-order valence-corrected chi connectivity index (χ3v) is 4.26. The number of nitrogens with one attached hydrogen (secondary N) is 1. The van der Waals surface area contributed by atoms with Crippen molar-refractivity contribution < 1.29 is 14.0 Å². The summed E-state index contributed by atoms with van der Waals surface area (Å²) in [6, 6.07) is 3.50. The Morgan fingerprint density at radius 2 is 2.10 bits per heavy atom. The van der Waals surface area contributed by atoms with Crippen LogP contribution >= 0.6 is 0 Å². The smallest absolute Gasteiger partial charge is 0.248 e. The number of rotatable bonds is 4. The average Bonchev–Trinajstić information content (AvgIpc) is 2.94. The summed E-state index contributed by atoms with van der Waals surface area (Å²) in [5.41, 5.74) is -0.783. The number of furan rings is 1. The third-order valence-electron chi connectivity index (χ3n) is 4.26. The molecule has 0 saturated carbocycles. The van der Waals surface area contributed by atoms with Crippen LogP contribution in [0.1, 0.15) is 51.8 Å². The molecule has 1 atom stereocenters. The Labute approximate surface area is 119 Å². The molecule has 20 heavy (non-hydrogen) atoms. The lowest BCUT2D eigenvalue weighted by Gasteiger charge is -2.36. The fourth-order valence-corrected chi connectivity index (χ4v) is 2.76. The van der Waals surface area contributed by atoms with Crippen LogP contribution in [0.2, 0.25) is 0 Å². The van der Waals surface area contributed by atoms with Gasteiger partial charge in [0.2, 0.25) is 11.8 Å². The second-order valence-corrected chi connectivity index (χ2v) is 5.28. The molecule has 1 aliphatic heterocycles. The lowest BCUT2D eigenvalue weighted by Crippen LogP contribution is -2.56. The minimum atomic E-state index is -0.783. The van der Waals surface area contributed by atoms with Gasteiger partial charge in [-0.2, -0.15) is 0 Å². The zero-order valence-electron chi connectivity index (χ0n) is 12.3. The van der Waals surface area contributed by atoms with E-state index in [0.29, 0.717) is 25.8 Å². The summed E-state index contributed by atoms with van der Waals surface area (Å²) in [7, 11) is 0. The van der Waals surface area contributed by atoms with Crippen molar-refractivity contribution in [1.29, 1.82) is 0 Å². The van der Waals surface area contributed by atoms with Gasteiger partial charge in [0.15, 0.2) is 0 Å². The van der Waals surface area contributed by atoms with Crippen molar-refractivity contribution in [2.24, 2.45) is 0 Å². The number of hydrogen-bond acceptors (Lipinski definition) is 3. The standard InChI is InChI=1S/C15H22N2O3/c1-4-15(5-2)14(19)17(9-8-13(18)16-15)11(3)12-7-6-10-20-12/h6-7,10-11H,4-5,8-9H2,1-3H3,(H,16,18). The summed E-state index contributed by atoms with van der Waals surface area (Å²) >= 11 is 0. The lowest BCUT2D eigenvalue weighted by atomic mass is 9.90. The van der Waals surface area contributed by atoms with Gasteiger partial charge in [-0.05, 0) is 31.9 Å². The Hall–Kier alpha value is -1.78. The Morgan fingerprint density at radius 1 is 1.40 bits per heavy atom. The molecule has 2 rings (SSSR count). The van der Waals surface area contributed by atoms with Crippen LogP contribution in [-0.4, -0.2) is 28.8 Å². The molecule has 0 spiro atoms. The van der Waals surface area contributed by atoms with E-state index in [1.54, 1.807) is 11.2 Å². The third kappa shape index (κ3) is 2.44. The largest absolute Gasteiger partial charge is 0.467 e. The fourth-order valence-electron chi connectivity index (χ4n) is 2.76. The van der Waals surface area contributed by atoms with E-state index >= 15 is 0 Å². The lowest BCUT2D eigenvalue weighted by molar-refractivity contribution is -0.141. The zero-order valence-corrected chi connectivity index (χ0v) is 12.3. The Morgan fingerprint density at radius 3 is 2.65 bits per heavy atom. The van der Waals surface area contributed by atoms with Crippen LogP contribution in [0.25, 0.3) is 0 Å². The molecule has 1 aromatic rings. The molecule has 0 radical (unpaired) electrons. The molecule has 2 heterocycles. The van der Waals surface area contributed by atoms with Gasteiger partial charge in [-0.3, -0.25) is 9.59 Å². The molecule has 0 aromatic carbocycles. The van der Waals surface area contributed by atoms with E-state index in [1.807, 2.05) is 32.9 Å². The molecule has 1 unspecified atom stereocenters. The van der Waals surface area contributed by atoms with Crippen LogP contribution < -0.4 is 5.32 Å². The minimum absolute atomic E-state index is 0.0164. The van der Waals surface area contributed by atoms with Crippen LogP contribution in [-0.2, 0) is 9.59 Å². The molecule has 1 aliphatic rings. The number of carbonyl (C=O) groups is 2. The highest BCUT2D eigenvalue weighted by Crippen LogP contribution is 2.29. The highest BCUT2D eigenvalue weighted by molar-refractivity contribution is 5.93. The van der Waals surface area contributed by atoms with Gasteiger partial charge in [-0.25, -0.2) is 0 Å². The number of amides is 2. The van der Waals surface area contributed by atoms with E-state index in [0.717, 1.165) is 5.76 Å². The summed E-state index contributed by atoms with van der Waals surface area (Å²) in [5, 5.41) is 2.91. The Kier molecular flexibility index (Phi) is 4.16. The zero-order chi connectivity index (χ0) is 14.8. The van der Waals surface area contributed by atoms with Crippen molar-refractivity contribution in [3.63, 3.8) is 0 Å². The second kappa shape index (κ2) is 5.69. The van der Waals surface area contributed by atoms with Crippen molar-refractivity contribution >= 4 is 11.8 Å². The first-order chi connectivity index (χ1) is 9.54. The van der Waals surface area contributed by atoms with Gasteiger partial charge in [0.25, 0.3) is 0 Å². The van der Waals surface area contributed by atoms with Crippen LogP contribution in [0.15, 0.2) is 22.8 Å². The van der Waals surface area contributed by atoms with Crippen molar-refractivity contribution in [3.05, 3.63) is 24.2 Å². The van der Waals surface area contributed by atoms with E-state index in [2.05, 4.69) is 5.32 Å². The topological polar surface area (TPSA) is 62.6 Å². The van der Waals surface area contributed by atoms with Crippen LogP contribution in [0.3, 0.4) is 0 Å². The first-order valence-corrected chi connectivity index (χ1v) is 7.19. The van der Waals surface area contributed by atoms with E-state index in [-0.39, 0.29) is 17.9 Å². The number of nitrogens with zero attached hydrogens (tertiary/aromatic N) is 1. The maximum absolute atomic E-state index is 12.9. The van der Waals surface area contributed by atoms with Crippen molar-refractivity contribution in [1.82, 2.24) is 10.2 Å². The fraction of sp³-hybridized carbons (Fsp3) is 0.600. The molecule has 2 amide bonds. The highest BCUT2D eigenvalue weighted by atomic mass is 16.3. The monoisotopic (exact) mass is 278 g/mol. The van der Waals surface area contributed by atoms with Crippen molar-refractivity contribution in [2.45, 2.75) is 51.6 Å². The SMILES string of the molecule is CCC1(CC)NC(=O)CCN(C(C)c2ccco2)C1=O. The summed E-state index contributed by atoms with van der Waals surface area (Å²) in [4.78, 5) is 26.5. The summed E-state index contributed by atoms with van der Waals surface area (Å²) < 4.78 is 5.40. The first kappa shape index (κ1) is 14.6. The normalized spacial score (nSPS) is 20.4. The van der Waals surface area contributed by atoms with Crippen molar-refractivity contribution in [3.8, 4) is 0 Å². The Bertz CT molecular complexity index is 477. The molecule has 0 bridgehead atoms. The van der Waals surface area contributed by atoms with Gasteiger partial charge in [0.05, 0.1) is 12.3 Å². The van der Waals surface area contributed by atoms with E-state index in [9.17, 15) is 9.59 Å². The minimum Gasteiger partial charge on any atom is -0.467 e. The maximum Gasteiger partial charge on any atom is 0.248 e. The van der Waals surface area contributed by atoms with Gasteiger partial charge in [0.1, 0.15) is 11.3 Å². The van der Waals surface area contributed by atoms with Gasteiger partial charge in [-0.15, -0.1) is 0 Å². The summed E-state index contributed by atoms with van der Waals surface area (Å²) in [6.07, 6.45) is 3.12. The molecule has 1 fully saturated rings. The molecule has 110 valence electrons. The molecular weight excluding hydrogens is 256 g/mol. The first-order valence-electron chi connectivity index (χ1n) is 7.19. The van der Waals surface area contributed by atoms with Gasteiger partial charge >= 0.3 is 0 Å². The molecule has 1 aromatic heterocycles. The molecule has 1 N–H and O–H groups in total. The quantitative estimate of drug-likeness (QED) is 0.918. The predicted octanol–water partition coefficient (Wildman–Crippen LogP) is 2.25. The maximum atomic E-state index is 12.9. The van der Waals surface area contributed by atoms with E-state index in [1.165, 1.54) is 0 Å². The van der Waals surface area contributed by atoms with E-state index in [4.69, 9.17) is 4.42 Å². The van der Waals surface area contributed by atoms with Crippen LogP contribution in [0.4, 0.5) is 0 Å². The van der Waals surface area contributed by atoms with Gasteiger partial charge in [-0.1, -0.05) is 13.8 Å². The van der Waals surface area contributed by atoms with Crippen LogP contribution in [0, 0.1) is 0 Å². The van der Waals surface area contributed by atoms with E-state index < -0.39 is 5.54 Å². The molecular formula is C15H22N2O3. The second-order valence-electron chi connectivity index (χ2n) is 5.28. The highest BCUT2D eigenvalue weighted by Gasteiger charge is 2.43.